The zero-order valence-corrected chi connectivity index (χ0v) is 29.2. The van der Waals surface area contributed by atoms with Crippen LogP contribution in [-0.2, 0) is 5.41 Å². The monoisotopic (exact) mass is 685 g/mol. The molecule has 3 heteroatoms. The first-order valence-corrected chi connectivity index (χ1v) is 18.6. The summed E-state index contributed by atoms with van der Waals surface area (Å²) in [6.45, 7) is 0. The zero-order valence-electron chi connectivity index (χ0n) is 29.2. The molecule has 0 N–H and O–H groups in total. The number of fused-ring (bicyclic) bond motifs is 16. The molecule has 2 aliphatic carbocycles. The van der Waals surface area contributed by atoms with Crippen LogP contribution in [0.25, 0.3) is 83.2 Å². The lowest BCUT2D eigenvalue weighted by atomic mass is 9.69. The fourth-order valence-electron chi connectivity index (χ4n) is 9.71. The molecular weight excluding hydrogens is 655 g/mol. The van der Waals surface area contributed by atoms with Crippen LogP contribution in [0.5, 0.6) is 0 Å². The number of pyridine rings is 1. The van der Waals surface area contributed by atoms with Gasteiger partial charge in [0.1, 0.15) is 5.82 Å². The SMILES string of the molecule is c1ccc(-n2c(-c3ccc(-c4ccc5c(c4)C4(c6ccccc6-5)c5ccccc5-c5c4c4ncccc4c4ccccc54)cc3)nc3ccccc32)cc1. The molecule has 0 aliphatic heterocycles. The number of hydrogen-bond acceptors (Lipinski definition) is 2. The van der Waals surface area contributed by atoms with Crippen molar-refractivity contribution >= 4 is 32.7 Å². The summed E-state index contributed by atoms with van der Waals surface area (Å²) in [6.07, 6.45) is 1.96. The molecule has 0 bridgehead atoms. The molecule has 54 heavy (non-hydrogen) atoms. The van der Waals surface area contributed by atoms with Crippen LogP contribution in [0.1, 0.15) is 22.3 Å². The minimum Gasteiger partial charge on any atom is -0.292 e. The summed E-state index contributed by atoms with van der Waals surface area (Å²) in [4.78, 5) is 10.3. The van der Waals surface area contributed by atoms with Crippen molar-refractivity contribution < 1.29 is 0 Å². The van der Waals surface area contributed by atoms with Gasteiger partial charge >= 0.3 is 0 Å². The molecule has 12 rings (SSSR count). The Balaban J connectivity index is 1.09. The molecule has 2 heterocycles. The molecule has 0 saturated carbocycles. The van der Waals surface area contributed by atoms with Crippen molar-refractivity contribution in [3.8, 4) is 50.5 Å². The minimum atomic E-state index is -0.523. The number of benzene rings is 8. The van der Waals surface area contributed by atoms with E-state index in [2.05, 4.69) is 187 Å². The van der Waals surface area contributed by atoms with Gasteiger partial charge in [-0.15, -0.1) is 0 Å². The molecule has 3 nitrogen and oxygen atoms in total. The summed E-state index contributed by atoms with van der Waals surface area (Å²) < 4.78 is 2.26. The highest BCUT2D eigenvalue weighted by atomic mass is 15.1. The van der Waals surface area contributed by atoms with Crippen molar-refractivity contribution in [2.45, 2.75) is 5.41 Å². The Morgan fingerprint density at radius 1 is 0.444 bits per heavy atom. The maximum Gasteiger partial charge on any atom is 0.145 e. The van der Waals surface area contributed by atoms with Crippen LogP contribution in [0.3, 0.4) is 0 Å². The average molecular weight is 686 g/mol. The smallest absolute Gasteiger partial charge is 0.145 e. The van der Waals surface area contributed by atoms with Crippen LogP contribution in [0.2, 0.25) is 0 Å². The Morgan fingerprint density at radius 3 is 1.93 bits per heavy atom. The number of aromatic nitrogens is 3. The Hall–Kier alpha value is -7.10. The van der Waals surface area contributed by atoms with Gasteiger partial charge in [0.05, 0.1) is 22.0 Å². The molecule has 1 spiro atoms. The van der Waals surface area contributed by atoms with Gasteiger partial charge in [0.15, 0.2) is 0 Å². The topological polar surface area (TPSA) is 30.7 Å². The first-order chi connectivity index (χ1) is 26.8. The van der Waals surface area contributed by atoms with Gasteiger partial charge in [-0.1, -0.05) is 146 Å². The first kappa shape index (κ1) is 29.5. The molecule has 1 unspecified atom stereocenters. The van der Waals surface area contributed by atoms with Gasteiger partial charge in [0.2, 0.25) is 0 Å². The molecule has 10 aromatic rings. The molecule has 8 aromatic carbocycles. The second kappa shape index (κ2) is 11.0. The summed E-state index contributed by atoms with van der Waals surface area (Å²) in [7, 11) is 0. The Bertz CT molecular complexity index is 3160. The van der Waals surface area contributed by atoms with Gasteiger partial charge in [-0.25, -0.2) is 4.98 Å². The van der Waals surface area contributed by atoms with Gasteiger partial charge in [-0.3, -0.25) is 9.55 Å². The third-order valence-electron chi connectivity index (χ3n) is 11.9. The third-order valence-corrected chi connectivity index (χ3v) is 11.9. The van der Waals surface area contributed by atoms with Gasteiger partial charge in [-0.2, -0.15) is 0 Å². The third kappa shape index (κ3) is 3.80. The van der Waals surface area contributed by atoms with E-state index in [0.29, 0.717) is 0 Å². The van der Waals surface area contributed by atoms with Crippen molar-refractivity contribution in [1.82, 2.24) is 14.5 Å². The average Bonchev–Trinajstić information content (AvgIpc) is 3.89. The summed E-state index contributed by atoms with van der Waals surface area (Å²) in [6, 6.07) is 66.2. The Morgan fingerprint density at radius 2 is 1.07 bits per heavy atom. The zero-order chi connectivity index (χ0) is 35.4. The standard InChI is InChI=1S/C51H31N3/c1-2-13-35(14-3-1)54-46-23-11-10-22-45(46)53-50(54)33-26-24-32(25-27-33)34-28-29-38-37-16-6-8-20-42(37)51(44(38)31-34)43-21-9-7-18-41(43)47-39-17-5-4-15-36(39)40-19-12-30-52-49(40)48(47)51/h1-31H. The van der Waals surface area contributed by atoms with Crippen molar-refractivity contribution in [2.75, 3.05) is 0 Å². The van der Waals surface area contributed by atoms with Gasteiger partial charge in [-0.05, 0) is 97.2 Å². The number of para-hydroxylation sites is 3. The predicted octanol–water partition coefficient (Wildman–Crippen LogP) is 12.4. The van der Waals surface area contributed by atoms with Crippen molar-refractivity contribution in [1.29, 1.82) is 0 Å². The van der Waals surface area contributed by atoms with E-state index in [9.17, 15) is 0 Å². The lowest BCUT2D eigenvalue weighted by Gasteiger charge is -2.31. The normalized spacial score (nSPS) is 15.1. The van der Waals surface area contributed by atoms with Crippen LogP contribution in [-0.4, -0.2) is 14.5 Å². The summed E-state index contributed by atoms with van der Waals surface area (Å²) >= 11 is 0. The van der Waals surface area contributed by atoms with E-state index in [1.165, 1.54) is 71.8 Å². The predicted molar refractivity (Wildman–Crippen MR) is 221 cm³/mol. The van der Waals surface area contributed by atoms with Crippen molar-refractivity contribution in [3.63, 3.8) is 0 Å². The Labute approximate surface area is 312 Å². The molecule has 0 radical (unpaired) electrons. The van der Waals surface area contributed by atoms with Crippen LogP contribution >= 0.6 is 0 Å². The second-order valence-corrected chi connectivity index (χ2v) is 14.5. The van der Waals surface area contributed by atoms with Crippen molar-refractivity contribution in [3.05, 3.63) is 210 Å². The number of hydrogen-bond donors (Lipinski definition) is 0. The number of rotatable bonds is 3. The molecule has 250 valence electrons. The molecule has 0 saturated heterocycles. The van der Waals surface area contributed by atoms with E-state index < -0.39 is 5.41 Å². The molecular formula is C51H31N3. The molecule has 0 fully saturated rings. The molecule has 2 aliphatic rings. The molecule has 1 atom stereocenters. The number of imidazole rings is 1. The highest BCUT2D eigenvalue weighted by Gasteiger charge is 2.53. The maximum absolute atomic E-state index is 5.21. The Kier molecular flexibility index (Phi) is 5.98. The van der Waals surface area contributed by atoms with E-state index in [-0.39, 0.29) is 0 Å². The lowest BCUT2D eigenvalue weighted by Crippen LogP contribution is -2.26. The van der Waals surface area contributed by atoms with Crippen LogP contribution < -0.4 is 0 Å². The lowest BCUT2D eigenvalue weighted by molar-refractivity contribution is 0.799. The van der Waals surface area contributed by atoms with Gasteiger partial charge in [0.25, 0.3) is 0 Å². The fourth-order valence-corrected chi connectivity index (χ4v) is 9.71. The van der Waals surface area contributed by atoms with E-state index in [1.54, 1.807) is 0 Å². The van der Waals surface area contributed by atoms with E-state index in [0.717, 1.165) is 33.6 Å². The summed E-state index contributed by atoms with van der Waals surface area (Å²) in [5, 5.41) is 3.71. The largest absolute Gasteiger partial charge is 0.292 e. The maximum atomic E-state index is 5.21. The van der Waals surface area contributed by atoms with Gasteiger partial charge < -0.3 is 0 Å². The summed E-state index contributed by atoms with van der Waals surface area (Å²) in [5.74, 6) is 0.933. The minimum absolute atomic E-state index is 0.523. The molecule has 0 amide bonds. The number of nitrogens with zero attached hydrogens (tertiary/aromatic N) is 3. The van der Waals surface area contributed by atoms with E-state index >= 15 is 0 Å². The fraction of sp³-hybridized carbons (Fsp3) is 0.0196. The first-order valence-electron chi connectivity index (χ1n) is 18.6. The van der Waals surface area contributed by atoms with Crippen LogP contribution in [0, 0.1) is 0 Å². The van der Waals surface area contributed by atoms with Gasteiger partial charge in [0, 0.05) is 28.4 Å². The highest BCUT2D eigenvalue weighted by Crippen LogP contribution is 2.65. The summed E-state index contributed by atoms with van der Waals surface area (Å²) in [5.41, 5.74) is 17.5. The quantitative estimate of drug-likeness (QED) is 0.173. The van der Waals surface area contributed by atoms with E-state index in [4.69, 9.17) is 9.97 Å². The highest BCUT2D eigenvalue weighted by molar-refractivity contribution is 6.19. The van der Waals surface area contributed by atoms with Crippen LogP contribution in [0.15, 0.2) is 188 Å². The van der Waals surface area contributed by atoms with Crippen LogP contribution in [0.4, 0.5) is 0 Å². The molecule has 2 aromatic heterocycles. The second-order valence-electron chi connectivity index (χ2n) is 14.5. The van der Waals surface area contributed by atoms with E-state index in [1.807, 2.05) is 6.20 Å². The van der Waals surface area contributed by atoms with Crippen molar-refractivity contribution in [2.24, 2.45) is 0 Å².